The van der Waals surface area contributed by atoms with Crippen LogP contribution in [0.2, 0.25) is 0 Å². The van der Waals surface area contributed by atoms with Crippen molar-refractivity contribution in [2.45, 2.75) is 6.42 Å². The second kappa shape index (κ2) is 3.95. The first-order valence-electron chi connectivity index (χ1n) is 4.43. The van der Waals surface area contributed by atoms with Gasteiger partial charge in [0.15, 0.2) is 11.5 Å². The monoisotopic (exact) mass is 224 g/mol. The van der Waals surface area contributed by atoms with Crippen molar-refractivity contribution in [1.82, 2.24) is 0 Å². The first kappa shape index (κ1) is 10.1. The van der Waals surface area contributed by atoms with Crippen LogP contribution in [0.3, 0.4) is 0 Å². The van der Waals surface area contributed by atoms with Gasteiger partial charge < -0.3 is 9.47 Å². The molecule has 1 aromatic rings. The molecule has 1 aliphatic rings. The van der Waals surface area contributed by atoms with Crippen molar-refractivity contribution in [3.63, 3.8) is 0 Å². The van der Waals surface area contributed by atoms with Crippen LogP contribution < -0.4 is 9.47 Å². The van der Waals surface area contributed by atoms with E-state index in [1.54, 1.807) is 0 Å². The van der Waals surface area contributed by atoms with E-state index in [4.69, 9.17) is 21.1 Å². The molecule has 3 nitrogen and oxygen atoms in total. The summed E-state index contributed by atoms with van der Waals surface area (Å²) in [5.41, 5.74) is 1.30. The Kier molecular flexibility index (Phi) is 2.64. The minimum absolute atomic E-state index is 0.244. The van der Waals surface area contributed by atoms with Gasteiger partial charge in [0.1, 0.15) is 0 Å². The van der Waals surface area contributed by atoms with E-state index < -0.39 is 5.24 Å². The molecule has 0 aromatic heterocycles. The van der Waals surface area contributed by atoms with E-state index in [0.717, 1.165) is 11.3 Å². The van der Waals surface area contributed by atoms with Crippen molar-refractivity contribution < 1.29 is 14.3 Å². The molecule has 0 bridgehead atoms. The fourth-order valence-electron chi connectivity index (χ4n) is 1.37. The maximum absolute atomic E-state index is 10.8. The third-order valence-corrected chi connectivity index (χ3v) is 2.40. The zero-order valence-corrected chi connectivity index (χ0v) is 8.71. The van der Waals surface area contributed by atoms with Crippen LogP contribution in [0, 0.1) is 0 Å². The third-order valence-electron chi connectivity index (χ3n) is 2.13. The van der Waals surface area contributed by atoms with Gasteiger partial charge in [-0.1, -0.05) is 12.6 Å². The van der Waals surface area contributed by atoms with Gasteiger partial charge in [-0.3, -0.25) is 4.79 Å². The summed E-state index contributed by atoms with van der Waals surface area (Å²) in [5, 5.41) is -0.507. The summed E-state index contributed by atoms with van der Waals surface area (Å²) >= 11 is 5.30. The van der Waals surface area contributed by atoms with Gasteiger partial charge in [0.25, 0.3) is 0 Å². The van der Waals surface area contributed by atoms with E-state index in [1.807, 2.05) is 18.2 Å². The minimum Gasteiger partial charge on any atom is -0.454 e. The van der Waals surface area contributed by atoms with E-state index in [0.29, 0.717) is 17.7 Å². The zero-order valence-electron chi connectivity index (χ0n) is 7.96. The van der Waals surface area contributed by atoms with Crippen LogP contribution in [0.25, 0.3) is 0 Å². The Labute approximate surface area is 92.3 Å². The number of allylic oxidation sites excluding steroid dienone is 1. The summed E-state index contributed by atoms with van der Waals surface area (Å²) < 4.78 is 10.4. The van der Waals surface area contributed by atoms with Crippen LogP contribution in [-0.2, 0) is 11.2 Å². The topological polar surface area (TPSA) is 35.5 Å². The average molecular weight is 225 g/mol. The highest BCUT2D eigenvalue weighted by molar-refractivity contribution is 6.67. The molecule has 0 fully saturated rings. The van der Waals surface area contributed by atoms with Gasteiger partial charge in [-0.2, -0.15) is 0 Å². The van der Waals surface area contributed by atoms with Crippen molar-refractivity contribution >= 4 is 16.8 Å². The van der Waals surface area contributed by atoms with Crippen LogP contribution in [0.1, 0.15) is 5.56 Å². The van der Waals surface area contributed by atoms with Crippen molar-refractivity contribution in [2.24, 2.45) is 0 Å². The van der Waals surface area contributed by atoms with Crippen molar-refractivity contribution in [3.8, 4) is 11.5 Å². The van der Waals surface area contributed by atoms with Gasteiger partial charge in [-0.15, -0.1) is 0 Å². The van der Waals surface area contributed by atoms with Crippen LogP contribution >= 0.6 is 11.6 Å². The molecule has 0 aliphatic carbocycles. The molecular weight excluding hydrogens is 216 g/mol. The van der Waals surface area contributed by atoms with Gasteiger partial charge in [0.2, 0.25) is 12.0 Å². The first-order valence-corrected chi connectivity index (χ1v) is 4.81. The molecule has 0 unspecified atom stereocenters. The van der Waals surface area contributed by atoms with Gasteiger partial charge in [0, 0.05) is 12.0 Å². The van der Waals surface area contributed by atoms with Crippen molar-refractivity contribution in [2.75, 3.05) is 6.79 Å². The quantitative estimate of drug-likeness (QED) is 0.584. The lowest BCUT2D eigenvalue weighted by Crippen LogP contribution is -1.96. The predicted octanol–water partition coefficient (Wildman–Crippen LogP) is 2.28. The summed E-state index contributed by atoms with van der Waals surface area (Å²) in [7, 11) is 0. The number of carbonyl (C=O) groups excluding carboxylic acids is 1. The molecule has 0 radical (unpaired) electrons. The van der Waals surface area contributed by atoms with Crippen LogP contribution in [-0.4, -0.2) is 12.0 Å². The molecule has 4 heteroatoms. The molecule has 0 amide bonds. The van der Waals surface area contributed by atoms with Crippen LogP contribution in [0.4, 0.5) is 0 Å². The lowest BCUT2D eigenvalue weighted by molar-refractivity contribution is -0.108. The number of rotatable bonds is 3. The maximum atomic E-state index is 10.8. The molecular formula is C11H9ClO3. The first-order chi connectivity index (χ1) is 7.16. The smallest absolute Gasteiger partial charge is 0.248 e. The third kappa shape index (κ3) is 2.13. The highest BCUT2D eigenvalue weighted by Crippen LogP contribution is 2.33. The fraction of sp³-hybridized carbons (Fsp3) is 0.182. The number of ether oxygens (including phenoxy) is 2. The number of fused-ring (bicyclic) bond motifs is 1. The number of benzene rings is 1. The molecule has 0 spiro atoms. The fourth-order valence-corrected chi connectivity index (χ4v) is 1.43. The molecule has 2 rings (SSSR count). The minimum atomic E-state index is -0.507. The molecule has 78 valence electrons. The second-order valence-corrected chi connectivity index (χ2v) is 3.58. The van der Waals surface area contributed by atoms with Gasteiger partial charge in [0.05, 0.1) is 0 Å². The predicted molar refractivity (Wildman–Crippen MR) is 56.3 cm³/mol. The zero-order chi connectivity index (χ0) is 10.8. The summed E-state index contributed by atoms with van der Waals surface area (Å²) in [6.07, 6.45) is 0.430. The molecule has 1 aliphatic heterocycles. The SMILES string of the molecule is C=C(Cc1ccc2c(c1)OCO2)C(=O)Cl. The normalized spacial score (nSPS) is 12.6. The number of halogens is 1. The summed E-state index contributed by atoms with van der Waals surface area (Å²) in [5.74, 6) is 1.42. The Hall–Kier alpha value is -1.48. The standard InChI is InChI=1S/C11H9ClO3/c1-7(11(12)13)4-8-2-3-9-10(5-8)15-6-14-9/h2-3,5H,1,4,6H2. The molecule has 0 saturated heterocycles. The van der Waals surface area contributed by atoms with E-state index >= 15 is 0 Å². The number of carbonyl (C=O) groups is 1. The number of hydrogen-bond acceptors (Lipinski definition) is 3. The van der Waals surface area contributed by atoms with Gasteiger partial charge >= 0.3 is 0 Å². The molecule has 0 saturated carbocycles. The lowest BCUT2D eigenvalue weighted by atomic mass is 10.1. The molecule has 1 heterocycles. The van der Waals surface area contributed by atoms with Crippen LogP contribution in [0.5, 0.6) is 11.5 Å². The Morgan fingerprint density at radius 2 is 2.13 bits per heavy atom. The Morgan fingerprint density at radius 1 is 1.40 bits per heavy atom. The highest BCUT2D eigenvalue weighted by atomic mass is 35.5. The summed E-state index contributed by atoms with van der Waals surface area (Å²) in [6.45, 7) is 3.83. The van der Waals surface area contributed by atoms with Crippen molar-refractivity contribution in [1.29, 1.82) is 0 Å². The summed E-state index contributed by atoms with van der Waals surface area (Å²) in [4.78, 5) is 10.8. The van der Waals surface area contributed by atoms with Gasteiger partial charge in [-0.05, 0) is 29.3 Å². The number of hydrogen-bond donors (Lipinski definition) is 0. The Balaban J connectivity index is 2.17. The lowest BCUT2D eigenvalue weighted by Gasteiger charge is -2.02. The Morgan fingerprint density at radius 3 is 2.87 bits per heavy atom. The average Bonchev–Trinajstić information content (AvgIpc) is 2.64. The molecule has 15 heavy (non-hydrogen) atoms. The Bertz CT molecular complexity index is 426. The van der Waals surface area contributed by atoms with E-state index in [1.165, 1.54) is 0 Å². The molecule has 0 N–H and O–H groups in total. The summed E-state index contributed by atoms with van der Waals surface area (Å²) in [6, 6.07) is 5.50. The maximum Gasteiger partial charge on any atom is 0.248 e. The highest BCUT2D eigenvalue weighted by Gasteiger charge is 2.14. The van der Waals surface area contributed by atoms with E-state index in [-0.39, 0.29) is 6.79 Å². The largest absolute Gasteiger partial charge is 0.454 e. The van der Waals surface area contributed by atoms with E-state index in [2.05, 4.69) is 6.58 Å². The second-order valence-electron chi connectivity index (χ2n) is 3.24. The van der Waals surface area contributed by atoms with Gasteiger partial charge in [-0.25, -0.2) is 0 Å². The van der Waals surface area contributed by atoms with E-state index in [9.17, 15) is 4.79 Å². The van der Waals surface area contributed by atoms with Crippen molar-refractivity contribution in [3.05, 3.63) is 35.9 Å². The van der Waals surface area contributed by atoms with Crippen LogP contribution in [0.15, 0.2) is 30.4 Å². The molecule has 0 atom stereocenters. The molecule has 1 aromatic carbocycles.